The van der Waals surface area contributed by atoms with E-state index in [0.717, 1.165) is 0 Å². The summed E-state index contributed by atoms with van der Waals surface area (Å²) in [7, 11) is 0. The molecule has 7 nitrogen and oxygen atoms in total. The topological polar surface area (TPSA) is 92.9 Å². The molecule has 1 aliphatic rings. The number of amides is 2. The molecule has 28 heavy (non-hydrogen) atoms. The van der Waals surface area contributed by atoms with Crippen molar-refractivity contribution in [2.24, 2.45) is 0 Å². The van der Waals surface area contributed by atoms with E-state index in [-0.39, 0.29) is 33.1 Å². The Bertz CT molecular complexity index is 896. The van der Waals surface area contributed by atoms with Crippen LogP contribution in [0.15, 0.2) is 29.6 Å². The van der Waals surface area contributed by atoms with Crippen molar-refractivity contribution in [2.75, 3.05) is 38.5 Å². The Morgan fingerprint density at radius 1 is 1.11 bits per heavy atom. The molecule has 1 aliphatic heterocycles. The van der Waals surface area contributed by atoms with Crippen LogP contribution in [0.25, 0.3) is 0 Å². The van der Waals surface area contributed by atoms with Crippen LogP contribution >= 0.6 is 34.5 Å². The number of hydrogen-bond acceptors (Lipinski definition) is 6. The number of esters is 1. The lowest BCUT2D eigenvalue weighted by atomic mass is 10.2. The fraction of sp³-hybridized carbons (Fsp3) is 0.278. The summed E-state index contributed by atoms with van der Waals surface area (Å²) >= 11 is 13.2. The fourth-order valence-electron chi connectivity index (χ4n) is 2.77. The molecule has 1 saturated heterocycles. The zero-order chi connectivity index (χ0) is 20.3. The molecule has 1 aromatic carbocycles. The highest BCUT2D eigenvalue weighted by molar-refractivity contribution is 7.12. The average molecular weight is 442 g/mol. The number of carbonyl (C=O) groups excluding carboxylic acids is 3. The second-order valence-corrected chi connectivity index (χ2v) is 7.87. The number of carbonyl (C=O) groups is 3. The van der Waals surface area contributed by atoms with E-state index in [0.29, 0.717) is 31.1 Å². The number of nitrogens with zero attached hydrogens (tertiary/aromatic N) is 2. The Morgan fingerprint density at radius 3 is 2.43 bits per heavy atom. The van der Waals surface area contributed by atoms with Gasteiger partial charge in [0.25, 0.3) is 11.8 Å². The van der Waals surface area contributed by atoms with Gasteiger partial charge in [-0.3, -0.25) is 9.59 Å². The summed E-state index contributed by atoms with van der Waals surface area (Å²) in [5, 5.41) is 2.22. The van der Waals surface area contributed by atoms with Crippen molar-refractivity contribution in [1.82, 2.24) is 9.80 Å². The molecular formula is C18H17Cl2N3O4S. The van der Waals surface area contributed by atoms with Crippen LogP contribution in [0, 0.1) is 0 Å². The van der Waals surface area contributed by atoms with Crippen molar-refractivity contribution in [2.45, 2.75) is 0 Å². The number of hydrogen-bond donors (Lipinski definition) is 1. The van der Waals surface area contributed by atoms with E-state index in [9.17, 15) is 14.4 Å². The predicted octanol–water partition coefficient (Wildman–Crippen LogP) is 2.78. The molecule has 1 fully saturated rings. The number of thiophene rings is 1. The SMILES string of the molecule is Nc1c(Cl)cc(Cl)cc1C(=O)OCC(=O)N1CCN(C(=O)c2cccs2)CC1. The molecule has 0 unspecified atom stereocenters. The van der Waals surface area contributed by atoms with Gasteiger partial charge < -0.3 is 20.3 Å². The maximum absolute atomic E-state index is 12.3. The molecule has 0 atom stereocenters. The van der Waals surface area contributed by atoms with Crippen LogP contribution in [0.2, 0.25) is 10.0 Å². The molecule has 10 heteroatoms. The number of ether oxygens (including phenoxy) is 1. The van der Waals surface area contributed by atoms with E-state index in [1.54, 1.807) is 15.9 Å². The third kappa shape index (κ3) is 4.57. The van der Waals surface area contributed by atoms with E-state index in [2.05, 4.69) is 0 Å². The molecule has 2 N–H and O–H groups in total. The minimum Gasteiger partial charge on any atom is -0.452 e. The molecule has 0 bridgehead atoms. The minimum atomic E-state index is -0.776. The van der Waals surface area contributed by atoms with Crippen LogP contribution in [0.5, 0.6) is 0 Å². The highest BCUT2D eigenvalue weighted by Crippen LogP contribution is 2.28. The number of nitrogens with two attached hydrogens (primary N) is 1. The molecule has 0 saturated carbocycles. The third-order valence-electron chi connectivity index (χ3n) is 4.29. The highest BCUT2D eigenvalue weighted by atomic mass is 35.5. The molecular weight excluding hydrogens is 425 g/mol. The van der Waals surface area contributed by atoms with Crippen LogP contribution in [-0.4, -0.2) is 60.4 Å². The molecule has 0 aliphatic carbocycles. The van der Waals surface area contributed by atoms with Gasteiger partial charge >= 0.3 is 5.97 Å². The summed E-state index contributed by atoms with van der Waals surface area (Å²) in [6, 6.07) is 6.35. The molecule has 2 amide bonds. The first kappa shape index (κ1) is 20.4. The number of rotatable bonds is 4. The molecule has 1 aromatic heterocycles. The summed E-state index contributed by atoms with van der Waals surface area (Å²) in [5.41, 5.74) is 5.82. The van der Waals surface area contributed by atoms with Crippen LogP contribution in [0.3, 0.4) is 0 Å². The molecule has 148 valence electrons. The van der Waals surface area contributed by atoms with Gasteiger partial charge in [0.15, 0.2) is 6.61 Å². The van der Waals surface area contributed by atoms with Crippen molar-refractivity contribution >= 4 is 58.0 Å². The van der Waals surface area contributed by atoms with E-state index in [4.69, 9.17) is 33.7 Å². The van der Waals surface area contributed by atoms with E-state index < -0.39 is 12.6 Å². The van der Waals surface area contributed by atoms with Gasteiger partial charge in [0.1, 0.15) is 0 Å². The fourth-order valence-corrected chi connectivity index (χ4v) is 3.95. The van der Waals surface area contributed by atoms with Crippen molar-refractivity contribution in [3.63, 3.8) is 0 Å². The Hall–Kier alpha value is -2.29. The zero-order valence-electron chi connectivity index (χ0n) is 14.7. The van der Waals surface area contributed by atoms with Gasteiger partial charge in [-0.2, -0.15) is 0 Å². The van der Waals surface area contributed by atoms with Gasteiger partial charge in [0.2, 0.25) is 0 Å². The standard InChI is InChI=1S/C18H17Cl2N3O4S/c19-11-8-12(16(21)13(20)9-11)18(26)27-10-15(24)22-3-5-23(6-4-22)17(25)14-2-1-7-28-14/h1-2,7-9H,3-6,10,21H2. The Balaban J connectivity index is 1.51. The smallest absolute Gasteiger partial charge is 0.340 e. The largest absolute Gasteiger partial charge is 0.452 e. The van der Waals surface area contributed by atoms with E-state index in [1.807, 2.05) is 11.4 Å². The lowest BCUT2D eigenvalue weighted by molar-refractivity contribution is -0.136. The zero-order valence-corrected chi connectivity index (χ0v) is 17.0. The molecule has 2 heterocycles. The van der Waals surface area contributed by atoms with Gasteiger partial charge in [0, 0.05) is 31.2 Å². The molecule has 0 radical (unpaired) electrons. The first-order valence-electron chi connectivity index (χ1n) is 8.39. The third-order valence-corrected chi connectivity index (χ3v) is 5.68. The Kier molecular flexibility index (Phi) is 6.43. The summed E-state index contributed by atoms with van der Waals surface area (Å²) in [5.74, 6) is -1.16. The van der Waals surface area contributed by atoms with Gasteiger partial charge in [-0.15, -0.1) is 11.3 Å². The van der Waals surface area contributed by atoms with Crippen LogP contribution in [0.1, 0.15) is 20.0 Å². The summed E-state index contributed by atoms with van der Waals surface area (Å²) in [4.78, 5) is 40.8. The number of anilines is 1. The van der Waals surface area contributed by atoms with Crippen molar-refractivity contribution < 1.29 is 19.1 Å². The average Bonchev–Trinajstić information content (AvgIpc) is 3.23. The van der Waals surface area contributed by atoms with Gasteiger partial charge in [0.05, 0.1) is 21.2 Å². The number of halogens is 2. The van der Waals surface area contributed by atoms with Gasteiger partial charge in [-0.1, -0.05) is 29.3 Å². The second-order valence-electron chi connectivity index (χ2n) is 6.08. The highest BCUT2D eigenvalue weighted by Gasteiger charge is 2.26. The van der Waals surface area contributed by atoms with Crippen molar-refractivity contribution in [1.29, 1.82) is 0 Å². The van der Waals surface area contributed by atoms with Crippen molar-refractivity contribution in [3.05, 3.63) is 50.1 Å². The lowest BCUT2D eigenvalue weighted by Gasteiger charge is -2.34. The molecule has 3 rings (SSSR count). The Labute approximate surface area is 175 Å². The van der Waals surface area contributed by atoms with Crippen LogP contribution < -0.4 is 5.73 Å². The van der Waals surface area contributed by atoms with Crippen molar-refractivity contribution in [3.8, 4) is 0 Å². The summed E-state index contributed by atoms with van der Waals surface area (Å²) in [6.45, 7) is 1.17. The normalized spacial score (nSPS) is 14.1. The second kappa shape index (κ2) is 8.81. The van der Waals surface area contributed by atoms with Crippen LogP contribution in [0.4, 0.5) is 5.69 Å². The predicted molar refractivity (Wildman–Crippen MR) is 108 cm³/mol. The quantitative estimate of drug-likeness (QED) is 0.581. The van der Waals surface area contributed by atoms with Gasteiger partial charge in [-0.25, -0.2) is 4.79 Å². The van der Waals surface area contributed by atoms with E-state index >= 15 is 0 Å². The monoisotopic (exact) mass is 441 g/mol. The first-order valence-corrected chi connectivity index (χ1v) is 10.0. The maximum Gasteiger partial charge on any atom is 0.340 e. The number of piperazine rings is 1. The van der Waals surface area contributed by atoms with E-state index in [1.165, 1.54) is 23.5 Å². The van der Waals surface area contributed by atoms with Crippen LogP contribution in [-0.2, 0) is 9.53 Å². The maximum atomic E-state index is 12.3. The minimum absolute atomic E-state index is 0.0108. The summed E-state index contributed by atoms with van der Waals surface area (Å²) in [6.07, 6.45) is 0. The Morgan fingerprint density at radius 2 is 1.79 bits per heavy atom. The number of benzene rings is 1. The molecule has 0 spiro atoms. The first-order chi connectivity index (χ1) is 13.4. The summed E-state index contributed by atoms with van der Waals surface area (Å²) < 4.78 is 5.06. The van der Waals surface area contributed by atoms with Gasteiger partial charge in [-0.05, 0) is 23.6 Å². The molecule has 2 aromatic rings. The lowest BCUT2D eigenvalue weighted by Crippen LogP contribution is -2.51. The number of nitrogen functional groups attached to an aromatic ring is 1.